The van der Waals surface area contributed by atoms with E-state index in [-0.39, 0.29) is 17.6 Å². The molecule has 1 heterocycles. The Hall–Kier alpha value is -1.49. The summed E-state index contributed by atoms with van der Waals surface area (Å²) in [7, 11) is 0. The molecule has 1 aromatic heterocycles. The lowest BCUT2D eigenvalue weighted by atomic mass is 9.88. The van der Waals surface area contributed by atoms with Crippen LogP contribution in [0, 0.1) is 11.6 Å². The lowest BCUT2D eigenvalue weighted by Crippen LogP contribution is -2.04. The Balaban J connectivity index is 1.84. The van der Waals surface area contributed by atoms with Gasteiger partial charge in [-0.3, -0.25) is 0 Å². The van der Waals surface area contributed by atoms with Gasteiger partial charge >= 0.3 is 0 Å². The number of benzene rings is 1. The van der Waals surface area contributed by atoms with Crippen molar-refractivity contribution in [3.8, 4) is 0 Å². The van der Waals surface area contributed by atoms with Gasteiger partial charge in [0.2, 0.25) is 5.28 Å². The van der Waals surface area contributed by atoms with Crippen LogP contribution in [0.3, 0.4) is 0 Å². The van der Waals surface area contributed by atoms with Gasteiger partial charge in [0.1, 0.15) is 18.0 Å². The van der Waals surface area contributed by atoms with Gasteiger partial charge in [-0.2, -0.15) is 5.10 Å². The van der Waals surface area contributed by atoms with Crippen LogP contribution in [-0.4, -0.2) is 14.8 Å². The Morgan fingerprint density at radius 3 is 2.42 bits per heavy atom. The first-order valence-corrected chi connectivity index (χ1v) is 9.98. The van der Waals surface area contributed by atoms with Crippen LogP contribution in [0.15, 0.2) is 24.5 Å². The van der Waals surface area contributed by atoms with E-state index in [1.165, 1.54) is 37.4 Å². The molecule has 0 saturated carbocycles. The Bertz CT molecular complexity index is 660. The fourth-order valence-corrected chi connectivity index (χ4v) is 3.50. The summed E-state index contributed by atoms with van der Waals surface area (Å²) in [5.41, 5.74) is 0.529. The molecule has 0 amide bonds. The topological polar surface area (TPSA) is 30.7 Å². The largest absolute Gasteiger partial charge is 0.236 e. The third-order valence-electron chi connectivity index (χ3n) is 4.79. The van der Waals surface area contributed by atoms with E-state index in [1.54, 1.807) is 4.68 Å². The summed E-state index contributed by atoms with van der Waals surface area (Å²) in [6.45, 7) is 2.90. The molecule has 2 rings (SSSR count). The summed E-state index contributed by atoms with van der Waals surface area (Å²) in [5, 5.41) is 4.46. The zero-order valence-electron chi connectivity index (χ0n) is 15.4. The maximum atomic E-state index is 14.2. The highest BCUT2D eigenvalue weighted by Crippen LogP contribution is 2.30. The third kappa shape index (κ3) is 6.67. The minimum atomic E-state index is -0.360. The van der Waals surface area contributed by atoms with Crippen molar-refractivity contribution in [2.75, 3.05) is 0 Å². The van der Waals surface area contributed by atoms with Crippen molar-refractivity contribution in [3.63, 3.8) is 0 Å². The van der Waals surface area contributed by atoms with Gasteiger partial charge in [0, 0.05) is 6.54 Å². The second-order valence-electron chi connectivity index (χ2n) is 6.81. The number of hydrogen-bond acceptors (Lipinski definition) is 2. The average Bonchev–Trinajstić information content (AvgIpc) is 3.04. The maximum Gasteiger partial charge on any atom is 0.220 e. The van der Waals surface area contributed by atoms with Gasteiger partial charge in [0.25, 0.3) is 0 Å². The molecule has 0 bridgehead atoms. The Labute approximate surface area is 159 Å². The summed E-state index contributed by atoms with van der Waals surface area (Å²) in [6.07, 6.45) is 10.7. The Kier molecular flexibility index (Phi) is 9.02. The van der Waals surface area contributed by atoms with Gasteiger partial charge in [0.15, 0.2) is 0 Å². The predicted octanol–water partition coefficient (Wildman–Crippen LogP) is 6.52. The van der Waals surface area contributed by atoms with Crippen LogP contribution in [0.4, 0.5) is 8.78 Å². The molecule has 0 N–H and O–H groups in total. The normalized spacial score (nSPS) is 12.5. The van der Waals surface area contributed by atoms with Crippen LogP contribution in [0.2, 0.25) is 5.28 Å². The molecule has 1 aromatic carbocycles. The fraction of sp³-hybridized carbons (Fsp3) is 0.600. The van der Waals surface area contributed by atoms with Crippen LogP contribution in [0.1, 0.15) is 76.2 Å². The first-order chi connectivity index (χ1) is 12.6. The summed E-state index contributed by atoms with van der Waals surface area (Å²) in [5.74, 6) is -0.570. The molecule has 1 atom stereocenters. The van der Waals surface area contributed by atoms with Crippen molar-refractivity contribution in [2.45, 2.75) is 77.2 Å². The Morgan fingerprint density at radius 2 is 1.77 bits per heavy atom. The van der Waals surface area contributed by atoms with Gasteiger partial charge in [-0.05, 0) is 60.5 Å². The van der Waals surface area contributed by atoms with Crippen molar-refractivity contribution in [1.29, 1.82) is 0 Å². The molecular formula is C20H28ClF2N3. The van der Waals surface area contributed by atoms with Crippen molar-refractivity contribution in [2.24, 2.45) is 0 Å². The van der Waals surface area contributed by atoms with Crippen molar-refractivity contribution in [1.82, 2.24) is 14.8 Å². The highest BCUT2D eigenvalue weighted by atomic mass is 35.5. The zero-order chi connectivity index (χ0) is 18.8. The molecule has 0 aliphatic rings. The molecular weight excluding hydrogens is 356 g/mol. The average molecular weight is 384 g/mol. The zero-order valence-corrected chi connectivity index (χ0v) is 16.2. The molecule has 0 aliphatic heterocycles. The van der Waals surface area contributed by atoms with E-state index >= 15 is 0 Å². The number of unbranched alkanes of at least 4 members (excludes halogenated alkanes) is 5. The molecule has 0 radical (unpaired) electrons. The molecule has 1 unspecified atom stereocenters. The first kappa shape index (κ1) is 20.8. The minimum absolute atomic E-state index is 0.0810. The molecule has 26 heavy (non-hydrogen) atoms. The second-order valence-corrected chi connectivity index (χ2v) is 7.15. The third-order valence-corrected chi connectivity index (χ3v) is 5.09. The minimum Gasteiger partial charge on any atom is -0.236 e. The van der Waals surface area contributed by atoms with E-state index in [4.69, 9.17) is 11.6 Å². The van der Waals surface area contributed by atoms with E-state index in [0.717, 1.165) is 51.5 Å². The number of nitrogens with zero attached hydrogens (tertiary/aromatic N) is 3. The van der Waals surface area contributed by atoms with Crippen LogP contribution in [0.5, 0.6) is 0 Å². The van der Waals surface area contributed by atoms with Gasteiger partial charge in [0.05, 0.1) is 0 Å². The van der Waals surface area contributed by atoms with Gasteiger partial charge < -0.3 is 0 Å². The van der Waals surface area contributed by atoms with E-state index in [2.05, 4.69) is 17.0 Å². The summed E-state index contributed by atoms with van der Waals surface area (Å²) in [6, 6.07) is 3.81. The van der Waals surface area contributed by atoms with Crippen molar-refractivity contribution < 1.29 is 8.78 Å². The number of aromatic nitrogens is 3. The number of rotatable bonds is 12. The predicted molar refractivity (Wildman–Crippen MR) is 101 cm³/mol. The molecule has 2 aromatic rings. The Morgan fingerprint density at radius 1 is 1.04 bits per heavy atom. The van der Waals surface area contributed by atoms with E-state index in [9.17, 15) is 8.78 Å². The SMILES string of the molecule is CCCCCCC(CCCCCn1ncnc1Cl)c1cc(F)ccc1F. The van der Waals surface area contributed by atoms with E-state index < -0.39 is 0 Å². The molecule has 3 nitrogen and oxygen atoms in total. The highest BCUT2D eigenvalue weighted by Gasteiger charge is 2.16. The molecule has 0 aliphatic carbocycles. The van der Waals surface area contributed by atoms with Gasteiger partial charge in [-0.1, -0.05) is 45.4 Å². The van der Waals surface area contributed by atoms with Gasteiger partial charge in [-0.25, -0.2) is 18.4 Å². The molecule has 0 spiro atoms. The molecule has 0 saturated heterocycles. The van der Waals surface area contributed by atoms with E-state index in [0.29, 0.717) is 10.8 Å². The van der Waals surface area contributed by atoms with Crippen LogP contribution in [-0.2, 0) is 6.54 Å². The molecule has 0 fully saturated rings. The smallest absolute Gasteiger partial charge is 0.220 e. The van der Waals surface area contributed by atoms with Crippen molar-refractivity contribution in [3.05, 3.63) is 47.0 Å². The quantitative estimate of drug-likeness (QED) is 0.390. The number of halogens is 3. The van der Waals surface area contributed by atoms with Crippen LogP contribution >= 0.6 is 11.6 Å². The van der Waals surface area contributed by atoms with Crippen LogP contribution < -0.4 is 0 Å². The second kappa shape index (κ2) is 11.3. The fourth-order valence-electron chi connectivity index (χ4n) is 3.33. The number of aryl methyl sites for hydroxylation is 1. The molecule has 144 valence electrons. The van der Waals surface area contributed by atoms with Gasteiger partial charge in [-0.15, -0.1) is 0 Å². The lowest BCUT2D eigenvalue weighted by molar-refractivity contribution is 0.462. The highest BCUT2D eigenvalue weighted by molar-refractivity contribution is 6.28. The maximum absolute atomic E-state index is 14.2. The molecule has 6 heteroatoms. The standard InChI is InChI=1S/C20H28ClF2N3/c1-2-3-4-6-9-16(18-14-17(22)11-12-19(18)23)10-7-5-8-13-26-20(21)24-15-25-26/h11-12,14-16H,2-10,13H2,1H3. The summed E-state index contributed by atoms with van der Waals surface area (Å²) < 4.78 is 29.5. The number of hydrogen-bond donors (Lipinski definition) is 0. The summed E-state index contributed by atoms with van der Waals surface area (Å²) in [4.78, 5) is 3.89. The summed E-state index contributed by atoms with van der Waals surface area (Å²) >= 11 is 5.91. The van der Waals surface area contributed by atoms with E-state index in [1.807, 2.05) is 0 Å². The monoisotopic (exact) mass is 383 g/mol. The van der Waals surface area contributed by atoms with Crippen LogP contribution in [0.25, 0.3) is 0 Å². The lowest BCUT2D eigenvalue weighted by Gasteiger charge is -2.18. The van der Waals surface area contributed by atoms with Crippen molar-refractivity contribution >= 4 is 11.6 Å². The first-order valence-electron chi connectivity index (χ1n) is 9.60.